The van der Waals surface area contributed by atoms with Crippen LogP contribution in [0.1, 0.15) is 42.7 Å². The Kier molecular flexibility index (Phi) is 6.73. The van der Waals surface area contributed by atoms with Gasteiger partial charge in [0, 0.05) is 29.3 Å². The van der Waals surface area contributed by atoms with Crippen LogP contribution in [0.3, 0.4) is 0 Å². The van der Waals surface area contributed by atoms with Gasteiger partial charge in [0.1, 0.15) is 0 Å². The highest BCUT2D eigenvalue weighted by Crippen LogP contribution is 2.47. The number of allylic oxidation sites excluding steroid dienone is 3. The minimum atomic E-state index is -0.646. The first-order valence-corrected chi connectivity index (χ1v) is 11.2. The second-order valence-electron chi connectivity index (χ2n) is 8.55. The number of ether oxygens (including phenoxy) is 4. The van der Waals surface area contributed by atoms with Gasteiger partial charge >= 0.3 is 5.97 Å². The molecule has 8 nitrogen and oxygen atoms in total. The highest BCUT2D eigenvalue weighted by molar-refractivity contribution is 6.04. The lowest BCUT2D eigenvalue weighted by Gasteiger charge is -2.36. The molecule has 2 aromatic carbocycles. The molecule has 0 amide bonds. The molecule has 1 heterocycles. The number of aromatic hydroxyl groups is 1. The van der Waals surface area contributed by atoms with E-state index >= 15 is 0 Å². The Morgan fingerprint density at radius 1 is 0.914 bits per heavy atom. The topological polar surface area (TPSA) is 103 Å². The van der Waals surface area contributed by atoms with Crippen LogP contribution >= 0.6 is 0 Å². The van der Waals surface area contributed by atoms with E-state index in [-0.39, 0.29) is 29.6 Å². The molecule has 0 saturated carbocycles. The number of phenolic OH excluding ortho intramolecular Hbond substituents is 1. The van der Waals surface area contributed by atoms with Gasteiger partial charge in [-0.3, -0.25) is 4.79 Å². The number of ketones is 1. The summed E-state index contributed by atoms with van der Waals surface area (Å²) in [6.45, 7) is 1.80. The predicted molar refractivity (Wildman–Crippen MR) is 129 cm³/mol. The van der Waals surface area contributed by atoms with E-state index in [0.29, 0.717) is 40.3 Å². The highest BCUT2D eigenvalue weighted by Gasteiger charge is 2.41. The van der Waals surface area contributed by atoms with Crippen molar-refractivity contribution in [1.29, 1.82) is 0 Å². The lowest BCUT2D eigenvalue weighted by molar-refractivity contribution is -0.136. The number of rotatable bonds is 6. The third kappa shape index (κ3) is 4.32. The summed E-state index contributed by atoms with van der Waals surface area (Å²) in [6.07, 6.45) is 0.850. The van der Waals surface area contributed by atoms with Gasteiger partial charge in [0.15, 0.2) is 28.8 Å². The molecule has 4 rings (SSSR count). The van der Waals surface area contributed by atoms with Crippen molar-refractivity contribution in [3.05, 3.63) is 70.1 Å². The average molecular weight is 480 g/mol. The fourth-order valence-electron chi connectivity index (χ4n) is 4.97. The molecule has 0 bridgehead atoms. The van der Waals surface area contributed by atoms with E-state index in [1.807, 2.05) is 18.2 Å². The number of benzene rings is 2. The molecular formula is C27H29NO7. The van der Waals surface area contributed by atoms with Gasteiger partial charge in [0.2, 0.25) is 0 Å². The molecule has 0 saturated heterocycles. The number of dihydropyridines is 1. The second-order valence-corrected chi connectivity index (χ2v) is 8.55. The Labute approximate surface area is 204 Å². The van der Waals surface area contributed by atoms with Crippen LogP contribution in [0.5, 0.6) is 23.0 Å². The van der Waals surface area contributed by atoms with Crippen molar-refractivity contribution in [2.24, 2.45) is 0 Å². The molecule has 184 valence electrons. The van der Waals surface area contributed by atoms with Crippen molar-refractivity contribution in [3.8, 4) is 23.0 Å². The molecule has 2 aromatic rings. The first kappa shape index (κ1) is 24.2. The van der Waals surface area contributed by atoms with Crippen LogP contribution in [-0.2, 0) is 14.3 Å². The van der Waals surface area contributed by atoms with Crippen LogP contribution in [0, 0.1) is 0 Å². The summed E-state index contributed by atoms with van der Waals surface area (Å²) in [4.78, 5) is 26.5. The number of hydrogen-bond acceptors (Lipinski definition) is 8. The molecule has 8 heteroatoms. The van der Waals surface area contributed by atoms with E-state index < -0.39 is 11.9 Å². The summed E-state index contributed by atoms with van der Waals surface area (Å²) in [5, 5.41) is 13.4. The van der Waals surface area contributed by atoms with Gasteiger partial charge in [-0.2, -0.15) is 0 Å². The number of methoxy groups -OCH3 is 4. The molecule has 0 spiro atoms. The maximum Gasteiger partial charge on any atom is 0.336 e. The van der Waals surface area contributed by atoms with Gasteiger partial charge in [-0.05, 0) is 54.7 Å². The maximum absolute atomic E-state index is 13.6. The van der Waals surface area contributed by atoms with E-state index in [1.54, 1.807) is 33.3 Å². The molecule has 2 aliphatic rings. The summed E-state index contributed by atoms with van der Waals surface area (Å²) in [6, 6.07) is 10.5. The normalized spacial score (nSPS) is 19.6. The summed E-state index contributed by atoms with van der Waals surface area (Å²) < 4.78 is 21.1. The molecule has 35 heavy (non-hydrogen) atoms. The number of carbonyl (C=O) groups is 2. The smallest absolute Gasteiger partial charge is 0.336 e. The Hall–Kier alpha value is -3.94. The van der Waals surface area contributed by atoms with Crippen LogP contribution in [0.25, 0.3) is 0 Å². The molecule has 2 N–H and O–H groups in total. The van der Waals surface area contributed by atoms with Gasteiger partial charge in [0.25, 0.3) is 0 Å². The van der Waals surface area contributed by atoms with Crippen LogP contribution < -0.4 is 19.5 Å². The van der Waals surface area contributed by atoms with Crippen LogP contribution in [-0.4, -0.2) is 45.3 Å². The summed E-state index contributed by atoms with van der Waals surface area (Å²) in [7, 11) is 5.93. The molecular weight excluding hydrogens is 450 g/mol. The quantitative estimate of drug-likeness (QED) is 0.601. The largest absolute Gasteiger partial charge is 0.504 e. The van der Waals surface area contributed by atoms with Crippen molar-refractivity contribution in [1.82, 2.24) is 5.32 Å². The first-order chi connectivity index (χ1) is 16.8. The van der Waals surface area contributed by atoms with Gasteiger partial charge < -0.3 is 29.4 Å². The van der Waals surface area contributed by atoms with Crippen molar-refractivity contribution in [3.63, 3.8) is 0 Å². The first-order valence-electron chi connectivity index (χ1n) is 11.2. The summed E-state index contributed by atoms with van der Waals surface area (Å²) in [5.41, 5.74) is 3.90. The monoisotopic (exact) mass is 479 g/mol. The molecule has 0 radical (unpaired) electrons. The fraction of sp³-hybridized carbons (Fsp3) is 0.333. The number of Topliss-reactive ketones (excluding diaryl/α,β-unsaturated/α-hetero) is 1. The van der Waals surface area contributed by atoms with Crippen molar-refractivity contribution in [2.75, 3.05) is 28.4 Å². The summed E-state index contributed by atoms with van der Waals surface area (Å²) >= 11 is 0. The highest BCUT2D eigenvalue weighted by atomic mass is 16.5. The molecule has 2 atom stereocenters. The third-order valence-corrected chi connectivity index (χ3v) is 6.65. The number of phenols is 1. The molecule has 0 aromatic heterocycles. The lowest BCUT2D eigenvalue weighted by atomic mass is 9.71. The molecule has 1 aliphatic heterocycles. The van der Waals surface area contributed by atoms with Crippen molar-refractivity contribution >= 4 is 11.8 Å². The van der Waals surface area contributed by atoms with Gasteiger partial charge in [0.05, 0.1) is 34.0 Å². The maximum atomic E-state index is 13.6. The van der Waals surface area contributed by atoms with E-state index in [0.717, 1.165) is 11.3 Å². The number of hydrogen-bond donors (Lipinski definition) is 2. The standard InChI is InChI=1S/C27H29NO7/c1-14-24(27(31)35-5)25(16-6-8-19(29)22(13-16)33-3)26-18(28-14)10-17(11-20(26)30)15-7-9-21(32-2)23(12-15)34-4/h6-9,12-13,17,25,28-29H,10-11H2,1-5H3. The minimum absolute atomic E-state index is 0.0248. The Balaban J connectivity index is 1.80. The van der Waals surface area contributed by atoms with E-state index in [1.165, 1.54) is 20.3 Å². The van der Waals surface area contributed by atoms with E-state index in [4.69, 9.17) is 18.9 Å². The SMILES string of the molecule is COC(=O)C1=C(C)NC2=C(C(=O)CC(c3ccc(OC)c(OC)c3)C2)C1c1ccc(O)c(OC)c1. The number of esters is 1. The number of carbonyl (C=O) groups excluding carboxylic acids is 2. The van der Waals surface area contributed by atoms with Gasteiger partial charge in [-0.15, -0.1) is 0 Å². The van der Waals surface area contributed by atoms with Gasteiger partial charge in [-0.1, -0.05) is 12.1 Å². The zero-order chi connectivity index (χ0) is 25.3. The van der Waals surface area contributed by atoms with Crippen LogP contribution in [0.4, 0.5) is 0 Å². The molecule has 0 fully saturated rings. The molecule has 2 unspecified atom stereocenters. The average Bonchev–Trinajstić information content (AvgIpc) is 2.87. The minimum Gasteiger partial charge on any atom is -0.504 e. The van der Waals surface area contributed by atoms with Gasteiger partial charge in [-0.25, -0.2) is 4.79 Å². The van der Waals surface area contributed by atoms with E-state index in [9.17, 15) is 14.7 Å². The van der Waals surface area contributed by atoms with E-state index in [2.05, 4.69) is 5.32 Å². The zero-order valence-electron chi connectivity index (χ0n) is 20.4. The van der Waals surface area contributed by atoms with Crippen LogP contribution in [0.2, 0.25) is 0 Å². The van der Waals surface area contributed by atoms with Crippen molar-refractivity contribution < 1.29 is 33.6 Å². The summed E-state index contributed by atoms with van der Waals surface area (Å²) in [5.74, 6) is 0.157. The lowest BCUT2D eigenvalue weighted by Crippen LogP contribution is -2.36. The third-order valence-electron chi connectivity index (χ3n) is 6.65. The predicted octanol–water partition coefficient (Wildman–Crippen LogP) is 3.95. The Bertz CT molecular complexity index is 1240. The fourth-order valence-corrected chi connectivity index (χ4v) is 4.97. The zero-order valence-corrected chi connectivity index (χ0v) is 20.4. The van der Waals surface area contributed by atoms with Crippen LogP contribution in [0.15, 0.2) is 58.9 Å². The Morgan fingerprint density at radius 3 is 2.23 bits per heavy atom. The Morgan fingerprint density at radius 2 is 1.57 bits per heavy atom. The molecule has 1 aliphatic carbocycles. The number of nitrogens with one attached hydrogen (secondary N) is 1. The van der Waals surface area contributed by atoms with Crippen molar-refractivity contribution in [2.45, 2.75) is 31.6 Å². The second kappa shape index (κ2) is 9.74.